The van der Waals surface area contributed by atoms with Crippen LogP contribution in [0.2, 0.25) is 0 Å². The lowest BCUT2D eigenvalue weighted by Crippen LogP contribution is -2.43. The van der Waals surface area contributed by atoms with Crippen LogP contribution in [0.4, 0.5) is 0 Å². The minimum atomic E-state index is -0.798. The van der Waals surface area contributed by atoms with E-state index in [4.69, 9.17) is 4.74 Å². The van der Waals surface area contributed by atoms with E-state index in [1.807, 2.05) is 72.8 Å². The normalized spacial score (nSPS) is 11.9. The van der Waals surface area contributed by atoms with Crippen molar-refractivity contribution < 1.29 is 14.3 Å². The number of fused-ring (bicyclic) bond motifs is 2. The molecule has 1 amide bonds. The first kappa shape index (κ1) is 20.3. The molecule has 0 aliphatic rings. The summed E-state index contributed by atoms with van der Waals surface area (Å²) < 4.78 is 6.05. The quantitative estimate of drug-likeness (QED) is 0.244. The number of pyridine rings is 1. The smallest absolute Gasteiger partial charge is 0.328 e. The van der Waals surface area contributed by atoms with Crippen molar-refractivity contribution in [2.45, 2.75) is 12.5 Å². The van der Waals surface area contributed by atoms with Gasteiger partial charge in [-0.05, 0) is 52.4 Å². The molecule has 6 heteroatoms. The van der Waals surface area contributed by atoms with Gasteiger partial charge in [0.2, 0.25) is 0 Å². The summed E-state index contributed by atoms with van der Waals surface area (Å²) in [5.74, 6) is -0.810. The number of hydrogen-bond donors (Lipinski definition) is 1. The fourth-order valence-electron chi connectivity index (χ4n) is 3.51. The van der Waals surface area contributed by atoms with E-state index in [0.717, 1.165) is 30.9 Å². The molecule has 1 atom stereocenters. The zero-order valence-corrected chi connectivity index (χ0v) is 18.4. The fourth-order valence-corrected chi connectivity index (χ4v) is 3.87. The Balaban J connectivity index is 1.74. The minimum absolute atomic E-state index is 0.328. The molecule has 0 aliphatic heterocycles. The van der Waals surface area contributed by atoms with E-state index >= 15 is 0 Å². The molecule has 1 heterocycles. The minimum Gasteiger partial charge on any atom is -0.467 e. The molecule has 4 aromatic rings. The van der Waals surface area contributed by atoms with Crippen LogP contribution in [0.15, 0.2) is 72.8 Å². The number of nitrogens with one attached hydrogen (secondary N) is 1. The highest BCUT2D eigenvalue weighted by molar-refractivity contribution is 14.1. The lowest BCUT2D eigenvalue weighted by molar-refractivity contribution is -0.142. The number of amides is 1. The molecule has 3 aromatic carbocycles. The van der Waals surface area contributed by atoms with Gasteiger partial charge in [0.05, 0.1) is 23.7 Å². The first-order valence-electron chi connectivity index (χ1n) is 9.47. The Bertz CT molecular complexity index is 1180. The number of halogens is 1. The summed E-state index contributed by atoms with van der Waals surface area (Å²) >= 11 is 2.23. The number of ether oxygens (including phenoxy) is 1. The summed E-state index contributed by atoms with van der Waals surface area (Å²) in [4.78, 5) is 30.5. The van der Waals surface area contributed by atoms with Crippen LogP contribution < -0.4 is 5.32 Å². The van der Waals surface area contributed by atoms with Gasteiger partial charge in [-0.3, -0.25) is 4.79 Å². The van der Waals surface area contributed by atoms with Gasteiger partial charge in [0.1, 0.15) is 6.04 Å². The second-order valence-electron chi connectivity index (χ2n) is 6.90. The zero-order chi connectivity index (χ0) is 21.1. The summed E-state index contributed by atoms with van der Waals surface area (Å²) in [5, 5.41) is 4.37. The van der Waals surface area contributed by atoms with E-state index in [0.29, 0.717) is 12.0 Å². The highest BCUT2D eigenvalue weighted by Crippen LogP contribution is 2.26. The van der Waals surface area contributed by atoms with Crippen molar-refractivity contribution in [1.29, 1.82) is 0 Å². The lowest BCUT2D eigenvalue weighted by atomic mass is 10.0. The number of carbonyl (C=O) groups is 2. The Labute approximate surface area is 187 Å². The average molecular weight is 510 g/mol. The van der Waals surface area contributed by atoms with Crippen molar-refractivity contribution in [3.63, 3.8) is 0 Å². The van der Waals surface area contributed by atoms with Crippen LogP contribution in [0.1, 0.15) is 15.9 Å². The number of hydrogen-bond acceptors (Lipinski definition) is 4. The van der Waals surface area contributed by atoms with Crippen LogP contribution in [0.25, 0.3) is 21.8 Å². The number of esters is 1. The first-order chi connectivity index (χ1) is 14.6. The molecule has 0 spiro atoms. The molecule has 30 heavy (non-hydrogen) atoms. The number of carbonyl (C=O) groups excluding carboxylic acids is 2. The fraction of sp³-hybridized carbons (Fsp3) is 0.125. The molecule has 0 aliphatic carbocycles. The second-order valence-corrected chi connectivity index (χ2v) is 8.15. The van der Waals surface area contributed by atoms with Crippen molar-refractivity contribution in [3.05, 3.63) is 87.5 Å². The highest BCUT2D eigenvalue weighted by Gasteiger charge is 2.25. The maximum absolute atomic E-state index is 13.4. The molecule has 1 aromatic heterocycles. The van der Waals surface area contributed by atoms with Crippen LogP contribution >= 0.6 is 22.6 Å². The topological polar surface area (TPSA) is 68.3 Å². The van der Waals surface area contributed by atoms with Gasteiger partial charge >= 0.3 is 5.97 Å². The van der Waals surface area contributed by atoms with Crippen molar-refractivity contribution in [1.82, 2.24) is 10.3 Å². The Morgan fingerprint density at radius 3 is 2.07 bits per heavy atom. The first-order valence-corrected chi connectivity index (χ1v) is 10.6. The SMILES string of the molecule is COC(=O)[C@H](Cc1ccc(I)cc1)NC(=O)c1c2ccccc2nc2ccccc12. The monoisotopic (exact) mass is 510 g/mol. The second kappa shape index (κ2) is 8.79. The summed E-state index contributed by atoms with van der Waals surface area (Å²) in [7, 11) is 1.33. The number of para-hydroxylation sites is 2. The van der Waals surface area contributed by atoms with Crippen LogP contribution in [0.3, 0.4) is 0 Å². The number of nitrogens with zero attached hydrogens (tertiary/aromatic N) is 1. The van der Waals surface area contributed by atoms with Crippen LogP contribution in [0, 0.1) is 3.57 Å². The van der Waals surface area contributed by atoms with E-state index in [-0.39, 0.29) is 5.91 Å². The predicted molar refractivity (Wildman–Crippen MR) is 125 cm³/mol. The van der Waals surface area contributed by atoms with Gasteiger partial charge in [-0.25, -0.2) is 9.78 Å². The third kappa shape index (κ3) is 4.14. The van der Waals surface area contributed by atoms with E-state index in [1.165, 1.54) is 7.11 Å². The van der Waals surface area contributed by atoms with Crippen LogP contribution in [-0.4, -0.2) is 30.0 Å². The van der Waals surface area contributed by atoms with Gasteiger partial charge in [-0.2, -0.15) is 0 Å². The molecule has 5 nitrogen and oxygen atoms in total. The zero-order valence-electron chi connectivity index (χ0n) is 16.3. The van der Waals surface area contributed by atoms with Crippen molar-refractivity contribution in [2.24, 2.45) is 0 Å². The van der Waals surface area contributed by atoms with E-state index in [1.54, 1.807) is 0 Å². The molecule has 0 bridgehead atoms. The highest BCUT2D eigenvalue weighted by atomic mass is 127. The van der Waals surface area contributed by atoms with Gasteiger partial charge in [-0.15, -0.1) is 0 Å². The van der Waals surface area contributed by atoms with Gasteiger partial charge in [-0.1, -0.05) is 48.5 Å². The number of benzene rings is 3. The number of aromatic nitrogens is 1. The van der Waals surface area contributed by atoms with Crippen molar-refractivity contribution >= 4 is 56.3 Å². The predicted octanol–water partition coefficient (Wildman–Crippen LogP) is 4.51. The molecular formula is C24H19IN2O3. The van der Waals surface area contributed by atoms with Crippen LogP contribution in [-0.2, 0) is 16.0 Å². The van der Waals surface area contributed by atoms with Crippen molar-refractivity contribution in [3.8, 4) is 0 Å². The average Bonchev–Trinajstić information content (AvgIpc) is 2.77. The van der Waals surface area contributed by atoms with Gasteiger partial charge in [0.15, 0.2) is 0 Å². The molecule has 4 rings (SSSR count). The molecule has 0 saturated heterocycles. The van der Waals surface area contributed by atoms with Gasteiger partial charge in [0, 0.05) is 20.8 Å². The third-order valence-electron chi connectivity index (χ3n) is 4.96. The molecular weight excluding hydrogens is 491 g/mol. The Morgan fingerprint density at radius 2 is 1.50 bits per heavy atom. The molecule has 0 radical (unpaired) electrons. The van der Waals surface area contributed by atoms with E-state index < -0.39 is 12.0 Å². The van der Waals surface area contributed by atoms with E-state index in [2.05, 4.69) is 32.9 Å². The largest absolute Gasteiger partial charge is 0.467 e. The molecule has 0 saturated carbocycles. The van der Waals surface area contributed by atoms with Crippen molar-refractivity contribution in [2.75, 3.05) is 7.11 Å². The standard InChI is InChI=1S/C24H19IN2O3/c1-30-24(29)21(14-15-10-12-16(25)13-11-15)27-23(28)22-17-6-2-4-8-19(17)26-20-9-5-3-7-18(20)22/h2-13,21H,14H2,1H3,(H,27,28)/t21-/m0/s1. The number of methoxy groups -OCH3 is 1. The summed E-state index contributed by atoms with van der Waals surface area (Å²) in [6.07, 6.45) is 0.344. The molecule has 150 valence electrons. The molecule has 0 unspecified atom stereocenters. The lowest BCUT2D eigenvalue weighted by Gasteiger charge is -2.18. The summed E-state index contributed by atoms with van der Waals surface area (Å²) in [6, 6.07) is 22.1. The maximum Gasteiger partial charge on any atom is 0.328 e. The molecule has 0 fully saturated rings. The Morgan fingerprint density at radius 1 is 0.933 bits per heavy atom. The Hall–Kier alpha value is -3.00. The third-order valence-corrected chi connectivity index (χ3v) is 5.68. The number of rotatable bonds is 5. The maximum atomic E-state index is 13.4. The summed E-state index contributed by atoms with van der Waals surface area (Å²) in [5.41, 5.74) is 2.91. The van der Waals surface area contributed by atoms with Gasteiger partial charge < -0.3 is 10.1 Å². The van der Waals surface area contributed by atoms with E-state index in [9.17, 15) is 9.59 Å². The summed E-state index contributed by atoms with van der Waals surface area (Å²) in [6.45, 7) is 0. The van der Waals surface area contributed by atoms with Gasteiger partial charge in [0.25, 0.3) is 5.91 Å². The van der Waals surface area contributed by atoms with Crippen LogP contribution in [0.5, 0.6) is 0 Å². The molecule has 1 N–H and O–H groups in total. The Kier molecular flexibility index (Phi) is 5.94.